The molecule has 0 aliphatic carbocycles. The van der Waals surface area contributed by atoms with Crippen molar-refractivity contribution in [1.29, 1.82) is 0 Å². The van der Waals surface area contributed by atoms with Crippen molar-refractivity contribution in [2.45, 2.75) is 0 Å². The maximum atomic E-state index is 12.1. The Morgan fingerprint density at radius 1 is 0.800 bits per heavy atom. The van der Waals surface area contributed by atoms with E-state index in [0.29, 0.717) is 28.8 Å². The number of rotatable bonds is 6. The number of anilines is 2. The van der Waals surface area contributed by atoms with Gasteiger partial charge in [0.2, 0.25) is 5.88 Å². The average molecular weight is 401 g/mol. The standard InChI is InChI=1S/C22H19N5O3/c1-29-18-8-4-16(5-9-18)23-22(28)24-17-6-10-19(11-7-17)30-21-13-12-20(25-26-21)27-14-2-3-15-27/h2-15H,1H3,(H2,23,24,28). The fraction of sp³-hybridized carbons (Fsp3) is 0.0455. The first-order valence-corrected chi connectivity index (χ1v) is 9.17. The second-order valence-electron chi connectivity index (χ2n) is 6.25. The summed E-state index contributed by atoms with van der Waals surface area (Å²) in [4.78, 5) is 12.1. The maximum absolute atomic E-state index is 12.1. The van der Waals surface area contributed by atoms with Crippen molar-refractivity contribution >= 4 is 17.4 Å². The number of methoxy groups -OCH3 is 1. The Morgan fingerprint density at radius 2 is 1.40 bits per heavy atom. The Hall–Kier alpha value is -4.33. The van der Waals surface area contributed by atoms with Crippen molar-refractivity contribution in [3.63, 3.8) is 0 Å². The summed E-state index contributed by atoms with van der Waals surface area (Å²) in [6.45, 7) is 0. The van der Waals surface area contributed by atoms with Crippen LogP contribution < -0.4 is 20.1 Å². The minimum absolute atomic E-state index is 0.347. The third kappa shape index (κ3) is 4.74. The van der Waals surface area contributed by atoms with Crippen LogP contribution in [-0.2, 0) is 0 Å². The van der Waals surface area contributed by atoms with Gasteiger partial charge in [0.1, 0.15) is 11.5 Å². The van der Waals surface area contributed by atoms with Gasteiger partial charge in [0.25, 0.3) is 0 Å². The van der Waals surface area contributed by atoms with Crippen LogP contribution in [0.3, 0.4) is 0 Å². The molecule has 0 atom stereocenters. The third-order valence-corrected chi connectivity index (χ3v) is 4.18. The third-order valence-electron chi connectivity index (χ3n) is 4.18. The van der Waals surface area contributed by atoms with Crippen molar-refractivity contribution in [3.8, 4) is 23.2 Å². The van der Waals surface area contributed by atoms with Crippen LogP contribution in [-0.4, -0.2) is 27.9 Å². The minimum atomic E-state index is -0.347. The highest BCUT2D eigenvalue weighted by molar-refractivity contribution is 5.99. The summed E-state index contributed by atoms with van der Waals surface area (Å²) in [6, 6.07) is 21.1. The Balaban J connectivity index is 1.32. The molecular formula is C22H19N5O3. The molecule has 4 aromatic rings. The van der Waals surface area contributed by atoms with Gasteiger partial charge in [-0.3, -0.25) is 0 Å². The molecule has 2 amide bonds. The van der Waals surface area contributed by atoms with Crippen molar-refractivity contribution < 1.29 is 14.3 Å². The SMILES string of the molecule is COc1ccc(NC(=O)Nc2ccc(Oc3ccc(-n4cccc4)nn3)cc2)cc1. The summed E-state index contributed by atoms with van der Waals surface area (Å²) in [6.07, 6.45) is 3.78. The fourth-order valence-corrected chi connectivity index (χ4v) is 2.69. The van der Waals surface area contributed by atoms with E-state index in [4.69, 9.17) is 9.47 Å². The predicted octanol–water partition coefficient (Wildman–Crippen LogP) is 4.71. The summed E-state index contributed by atoms with van der Waals surface area (Å²) in [7, 11) is 1.59. The highest BCUT2D eigenvalue weighted by Crippen LogP contribution is 2.22. The van der Waals surface area contributed by atoms with E-state index >= 15 is 0 Å². The first-order valence-electron chi connectivity index (χ1n) is 9.17. The lowest BCUT2D eigenvalue weighted by atomic mass is 10.3. The quantitative estimate of drug-likeness (QED) is 0.488. The van der Waals surface area contributed by atoms with E-state index in [0.717, 1.165) is 5.75 Å². The number of benzene rings is 2. The van der Waals surface area contributed by atoms with Crippen LogP contribution in [0, 0.1) is 0 Å². The van der Waals surface area contributed by atoms with Crippen LogP contribution in [0.2, 0.25) is 0 Å². The van der Waals surface area contributed by atoms with E-state index in [2.05, 4.69) is 20.8 Å². The van der Waals surface area contributed by atoms with Gasteiger partial charge < -0.3 is 24.7 Å². The summed E-state index contributed by atoms with van der Waals surface area (Å²) in [5.41, 5.74) is 1.29. The molecule has 150 valence electrons. The van der Waals surface area contributed by atoms with E-state index in [-0.39, 0.29) is 6.03 Å². The van der Waals surface area contributed by atoms with Crippen molar-refractivity contribution in [1.82, 2.24) is 14.8 Å². The van der Waals surface area contributed by atoms with Crippen LogP contribution in [0.15, 0.2) is 85.2 Å². The van der Waals surface area contributed by atoms with Gasteiger partial charge in [-0.15, -0.1) is 10.2 Å². The van der Waals surface area contributed by atoms with E-state index in [1.54, 1.807) is 61.7 Å². The van der Waals surface area contributed by atoms with Gasteiger partial charge in [-0.05, 0) is 66.7 Å². The number of nitrogens with one attached hydrogen (secondary N) is 2. The molecule has 2 aromatic heterocycles. The van der Waals surface area contributed by atoms with Crippen LogP contribution >= 0.6 is 0 Å². The monoisotopic (exact) mass is 401 g/mol. The van der Waals surface area contributed by atoms with Crippen molar-refractivity contribution in [2.75, 3.05) is 17.7 Å². The second-order valence-corrected chi connectivity index (χ2v) is 6.25. The molecule has 0 spiro atoms. The van der Waals surface area contributed by atoms with Gasteiger partial charge in [0, 0.05) is 29.8 Å². The lowest BCUT2D eigenvalue weighted by molar-refractivity contribution is 0.262. The first kappa shape index (κ1) is 19.0. The number of carbonyl (C=O) groups excluding carboxylic acids is 1. The normalized spacial score (nSPS) is 10.3. The summed E-state index contributed by atoms with van der Waals surface area (Å²) in [5.74, 6) is 2.39. The fourth-order valence-electron chi connectivity index (χ4n) is 2.69. The molecule has 2 aromatic carbocycles. The molecule has 0 bridgehead atoms. The topological polar surface area (TPSA) is 90.3 Å². The molecule has 8 heteroatoms. The zero-order valence-electron chi connectivity index (χ0n) is 16.1. The number of hydrogen-bond acceptors (Lipinski definition) is 5. The van der Waals surface area contributed by atoms with E-state index in [9.17, 15) is 4.79 Å². The van der Waals surface area contributed by atoms with Gasteiger partial charge >= 0.3 is 6.03 Å². The summed E-state index contributed by atoms with van der Waals surface area (Å²) >= 11 is 0. The van der Waals surface area contributed by atoms with E-state index in [1.165, 1.54) is 0 Å². The smallest absolute Gasteiger partial charge is 0.323 e. The van der Waals surface area contributed by atoms with Crippen molar-refractivity contribution in [2.24, 2.45) is 0 Å². The number of aromatic nitrogens is 3. The first-order chi connectivity index (χ1) is 14.7. The number of ether oxygens (including phenoxy) is 2. The molecule has 8 nitrogen and oxygen atoms in total. The Morgan fingerprint density at radius 3 is 1.93 bits per heavy atom. The van der Waals surface area contributed by atoms with Crippen LogP contribution in [0.25, 0.3) is 5.82 Å². The molecule has 30 heavy (non-hydrogen) atoms. The molecule has 2 heterocycles. The molecule has 4 rings (SSSR count). The highest BCUT2D eigenvalue weighted by atomic mass is 16.5. The molecule has 2 N–H and O–H groups in total. The zero-order chi connectivity index (χ0) is 20.8. The van der Waals surface area contributed by atoms with Crippen LogP contribution in [0.1, 0.15) is 0 Å². The Kier molecular flexibility index (Phi) is 5.56. The number of hydrogen-bond donors (Lipinski definition) is 2. The predicted molar refractivity (Wildman–Crippen MR) is 114 cm³/mol. The zero-order valence-corrected chi connectivity index (χ0v) is 16.1. The molecule has 0 unspecified atom stereocenters. The molecule has 0 aliphatic rings. The summed E-state index contributed by atoms with van der Waals surface area (Å²) in [5, 5.41) is 13.7. The van der Waals surface area contributed by atoms with Crippen LogP contribution in [0.5, 0.6) is 17.4 Å². The highest BCUT2D eigenvalue weighted by Gasteiger charge is 2.05. The molecule has 0 saturated carbocycles. The molecule has 0 fully saturated rings. The molecule has 0 radical (unpaired) electrons. The Bertz CT molecular complexity index is 1090. The minimum Gasteiger partial charge on any atom is -0.497 e. The molecule has 0 saturated heterocycles. The number of nitrogens with zero attached hydrogens (tertiary/aromatic N) is 3. The number of carbonyl (C=O) groups is 1. The van der Waals surface area contributed by atoms with Crippen LogP contribution in [0.4, 0.5) is 16.2 Å². The Labute approximate surface area is 173 Å². The average Bonchev–Trinajstić information content (AvgIpc) is 3.31. The van der Waals surface area contributed by atoms with Gasteiger partial charge in [-0.2, -0.15) is 0 Å². The van der Waals surface area contributed by atoms with Crippen molar-refractivity contribution in [3.05, 3.63) is 85.2 Å². The van der Waals surface area contributed by atoms with Gasteiger partial charge in [0.15, 0.2) is 5.82 Å². The van der Waals surface area contributed by atoms with Gasteiger partial charge in [0.05, 0.1) is 7.11 Å². The lowest BCUT2D eigenvalue weighted by Crippen LogP contribution is -2.19. The van der Waals surface area contributed by atoms with Gasteiger partial charge in [-0.25, -0.2) is 4.79 Å². The van der Waals surface area contributed by atoms with E-state index < -0.39 is 0 Å². The number of urea groups is 1. The summed E-state index contributed by atoms with van der Waals surface area (Å²) < 4.78 is 12.7. The lowest BCUT2D eigenvalue weighted by Gasteiger charge is -2.09. The maximum Gasteiger partial charge on any atom is 0.323 e. The van der Waals surface area contributed by atoms with E-state index in [1.807, 2.05) is 35.2 Å². The molecule has 0 aliphatic heterocycles. The number of amides is 2. The van der Waals surface area contributed by atoms with Gasteiger partial charge in [-0.1, -0.05) is 0 Å². The largest absolute Gasteiger partial charge is 0.497 e. The second kappa shape index (κ2) is 8.78. The molecular weight excluding hydrogens is 382 g/mol.